The third-order valence-electron chi connectivity index (χ3n) is 4.78. The number of nitrogens with one attached hydrogen (secondary N) is 2. The minimum atomic E-state index is -0.463. The van der Waals surface area contributed by atoms with E-state index in [0.29, 0.717) is 33.8 Å². The number of rotatable bonds is 8. The lowest BCUT2D eigenvalue weighted by molar-refractivity contribution is -0.113. The molecule has 1 atom stereocenters. The average molecular weight is 510 g/mol. The van der Waals surface area contributed by atoms with Crippen LogP contribution in [0, 0.1) is 12.7 Å². The molecule has 11 heteroatoms. The predicted molar refractivity (Wildman–Crippen MR) is 129 cm³/mol. The number of carbonyl (C=O) groups excluding carboxylic acids is 2. The largest absolute Gasteiger partial charge is 0.342 e. The van der Waals surface area contributed by atoms with E-state index in [9.17, 15) is 14.0 Å². The highest BCUT2D eigenvalue weighted by Crippen LogP contribution is 2.24. The van der Waals surface area contributed by atoms with Crippen molar-refractivity contribution in [1.82, 2.24) is 20.1 Å². The molecule has 7 nitrogen and oxygen atoms in total. The van der Waals surface area contributed by atoms with Gasteiger partial charge < -0.3 is 15.2 Å². The molecular weight excluding hydrogens is 488 g/mol. The second kappa shape index (κ2) is 11.0. The van der Waals surface area contributed by atoms with Crippen molar-refractivity contribution in [3.05, 3.63) is 69.2 Å². The van der Waals surface area contributed by atoms with Crippen molar-refractivity contribution in [2.45, 2.75) is 38.5 Å². The number of amides is 2. The van der Waals surface area contributed by atoms with Crippen molar-refractivity contribution in [3.63, 3.8) is 0 Å². The van der Waals surface area contributed by atoms with E-state index in [1.54, 1.807) is 32.0 Å². The second-order valence-electron chi connectivity index (χ2n) is 7.20. The predicted octanol–water partition coefficient (Wildman–Crippen LogP) is 5.27. The van der Waals surface area contributed by atoms with E-state index >= 15 is 0 Å². The molecule has 1 aromatic heterocycles. The van der Waals surface area contributed by atoms with Gasteiger partial charge in [0.1, 0.15) is 5.82 Å². The van der Waals surface area contributed by atoms with Gasteiger partial charge in [0.25, 0.3) is 5.91 Å². The summed E-state index contributed by atoms with van der Waals surface area (Å²) >= 11 is 13.2. The summed E-state index contributed by atoms with van der Waals surface area (Å²) in [6.07, 6.45) is 0. The molecule has 1 heterocycles. The Bertz CT molecular complexity index is 1190. The number of hydrogen-bond donors (Lipinski definition) is 2. The van der Waals surface area contributed by atoms with Gasteiger partial charge in [-0.2, -0.15) is 0 Å². The summed E-state index contributed by atoms with van der Waals surface area (Å²) in [7, 11) is 0. The van der Waals surface area contributed by atoms with Crippen molar-refractivity contribution in [2.24, 2.45) is 0 Å². The summed E-state index contributed by atoms with van der Waals surface area (Å²) in [6.45, 7) is 6.02. The van der Waals surface area contributed by atoms with Crippen LogP contribution < -0.4 is 10.6 Å². The van der Waals surface area contributed by atoms with E-state index < -0.39 is 11.9 Å². The van der Waals surface area contributed by atoms with Crippen LogP contribution in [0.2, 0.25) is 10.0 Å². The molecule has 1 unspecified atom stereocenters. The van der Waals surface area contributed by atoms with E-state index in [2.05, 4.69) is 20.8 Å². The maximum absolute atomic E-state index is 13.4. The van der Waals surface area contributed by atoms with Crippen molar-refractivity contribution >= 4 is 52.5 Å². The Hall–Kier alpha value is -2.62. The normalized spacial score (nSPS) is 11.8. The zero-order chi connectivity index (χ0) is 24.1. The van der Waals surface area contributed by atoms with Crippen LogP contribution >= 0.6 is 35.0 Å². The maximum atomic E-state index is 13.4. The third-order valence-corrected chi connectivity index (χ3v) is 6.29. The van der Waals surface area contributed by atoms with Gasteiger partial charge in [0.05, 0.1) is 22.4 Å². The number of carbonyl (C=O) groups is 2. The molecular formula is C22H22Cl2FN5O2S. The molecule has 0 saturated heterocycles. The highest BCUT2D eigenvalue weighted by atomic mass is 35.5. The molecule has 3 rings (SSSR count). The van der Waals surface area contributed by atoms with Crippen molar-refractivity contribution in [1.29, 1.82) is 0 Å². The van der Waals surface area contributed by atoms with E-state index in [4.69, 9.17) is 23.2 Å². The lowest BCUT2D eigenvalue weighted by Gasteiger charge is -2.15. The smallest absolute Gasteiger partial charge is 0.253 e. The lowest BCUT2D eigenvalue weighted by Crippen LogP contribution is -2.29. The van der Waals surface area contributed by atoms with Gasteiger partial charge in [-0.3, -0.25) is 9.59 Å². The van der Waals surface area contributed by atoms with E-state index in [-0.39, 0.29) is 22.6 Å². The number of nitrogens with zero attached hydrogens (tertiary/aromatic N) is 3. The standard InChI is InChI=1S/C22H22Cl2FN5O2S/c1-4-30-20(13(3)26-21(32)16-8-6-14(23)9-17(16)24)28-29-22(30)33-11-19(31)27-18-10-15(25)7-5-12(18)2/h5-10,13H,4,11H2,1-3H3,(H,26,32)(H,27,31). The average Bonchev–Trinajstić information content (AvgIpc) is 3.17. The number of halogens is 3. The minimum Gasteiger partial charge on any atom is -0.342 e. The van der Waals surface area contributed by atoms with E-state index in [0.717, 1.165) is 5.56 Å². The molecule has 2 amide bonds. The quantitative estimate of drug-likeness (QED) is 0.403. The van der Waals surface area contributed by atoms with Crippen LogP contribution in [0.1, 0.15) is 41.6 Å². The Morgan fingerprint density at radius 1 is 1.18 bits per heavy atom. The molecule has 0 fully saturated rings. The molecule has 0 spiro atoms. The number of thioether (sulfide) groups is 1. The Kier molecular flexibility index (Phi) is 8.34. The first kappa shape index (κ1) is 25.0. The molecule has 33 heavy (non-hydrogen) atoms. The first-order chi connectivity index (χ1) is 15.7. The lowest BCUT2D eigenvalue weighted by atomic mass is 10.2. The third kappa shape index (κ3) is 6.25. The van der Waals surface area contributed by atoms with E-state index in [1.807, 2.05) is 11.5 Å². The van der Waals surface area contributed by atoms with Gasteiger partial charge >= 0.3 is 0 Å². The first-order valence-corrected chi connectivity index (χ1v) is 11.8. The van der Waals surface area contributed by atoms with Crippen LogP contribution in [0.15, 0.2) is 41.6 Å². The second-order valence-corrected chi connectivity index (χ2v) is 8.99. The fourth-order valence-electron chi connectivity index (χ4n) is 3.08. The summed E-state index contributed by atoms with van der Waals surface area (Å²) in [5.41, 5.74) is 1.49. The topological polar surface area (TPSA) is 88.9 Å². The van der Waals surface area contributed by atoms with Gasteiger partial charge in [-0.1, -0.05) is 41.0 Å². The van der Waals surface area contributed by atoms with Crippen LogP contribution in [-0.2, 0) is 11.3 Å². The molecule has 2 aromatic carbocycles. The monoisotopic (exact) mass is 509 g/mol. The van der Waals surface area contributed by atoms with Gasteiger partial charge in [-0.15, -0.1) is 10.2 Å². The summed E-state index contributed by atoms with van der Waals surface area (Å²) in [5, 5.41) is 15.2. The van der Waals surface area contributed by atoms with Crippen LogP contribution in [0.3, 0.4) is 0 Å². The Balaban J connectivity index is 1.65. The molecule has 2 N–H and O–H groups in total. The van der Waals surface area contributed by atoms with Crippen molar-refractivity contribution in [3.8, 4) is 0 Å². The molecule has 0 aliphatic heterocycles. The molecule has 0 saturated carbocycles. The molecule has 0 aliphatic rings. The highest BCUT2D eigenvalue weighted by Gasteiger charge is 2.21. The Labute approximate surface area is 205 Å². The molecule has 0 aliphatic carbocycles. The van der Waals surface area contributed by atoms with Crippen molar-refractivity contribution < 1.29 is 14.0 Å². The summed E-state index contributed by atoms with van der Waals surface area (Å²) in [5.74, 6) is -0.474. The molecule has 0 bridgehead atoms. The zero-order valence-electron chi connectivity index (χ0n) is 18.2. The fraction of sp³-hybridized carbons (Fsp3) is 0.273. The van der Waals surface area contributed by atoms with Crippen LogP contribution in [0.25, 0.3) is 0 Å². The number of hydrogen-bond acceptors (Lipinski definition) is 5. The highest BCUT2D eigenvalue weighted by molar-refractivity contribution is 7.99. The fourth-order valence-corrected chi connectivity index (χ4v) is 4.39. The molecule has 3 aromatic rings. The van der Waals surface area contributed by atoms with Gasteiger partial charge in [-0.25, -0.2) is 4.39 Å². The Morgan fingerprint density at radius 2 is 1.94 bits per heavy atom. The molecule has 0 radical (unpaired) electrons. The van der Waals surface area contributed by atoms with E-state index in [1.165, 1.54) is 30.0 Å². The minimum absolute atomic E-state index is 0.0647. The van der Waals surface area contributed by atoms with Gasteiger partial charge in [-0.05, 0) is 56.7 Å². The van der Waals surface area contributed by atoms with Crippen molar-refractivity contribution in [2.75, 3.05) is 11.1 Å². The van der Waals surface area contributed by atoms with Gasteiger partial charge in [0.15, 0.2) is 11.0 Å². The number of anilines is 1. The summed E-state index contributed by atoms with van der Waals surface area (Å²) < 4.78 is 15.3. The number of aryl methyl sites for hydroxylation is 1. The SMILES string of the molecule is CCn1c(SCC(=O)Nc2cc(F)ccc2C)nnc1C(C)NC(=O)c1ccc(Cl)cc1Cl. The zero-order valence-corrected chi connectivity index (χ0v) is 20.5. The Morgan fingerprint density at radius 3 is 2.64 bits per heavy atom. The van der Waals surface area contributed by atoms with Crippen LogP contribution in [0.4, 0.5) is 10.1 Å². The number of aromatic nitrogens is 3. The van der Waals surface area contributed by atoms with Gasteiger partial charge in [0, 0.05) is 17.3 Å². The maximum Gasteiger partial charge on any atom is 0.253 e. The van der Waals surface area contributed by atoms with Crippen LogP contribution in [-0.4, -0.2) is 32.3 Å². The summed E-state index contributed by atoms with van der Waals surface area (Å²) in [4.78, 5) is 25.0. The summed E-state index contributed by atoms with van der Waals surface area (Å²) in [6, 6.07) is 8.40. The van der Waals surface area contributed by atoms with Gasteiger partial charge in [0.2, 0.25) is 5.91 Å². The first-order valence-electron chi connectivity index (χ1n) is 10.1. The number of benzene rings is 2. The molecule has 174 valence electrons. The van der Waals surface area contributed by atoms with Crippen LogP contribution in [0.5, 0.6) is 0 Å².